The molecule has 0 saturated heterocycles. The Morgan fingerprint density at radius 1 is 1.38 bits per heavy atom. The summed E-state index contributed by atoms with van der Waals surface area (Å²) in [5, 5.41) is 10.9. The lowest BCUT2D eigenvalue weighted by atomic mass is 9.94. The topological polar surface area (TPSA) is 29.5 Å². The highest BCUT2D eigenvalue weighted by atomic mass is 35.5. The monoisotopic (exact) mass is 240 g/mol. The number of aliphatic hydroxyl groups excluding tert-OH is 1. The number of benzene rings is 1. The van der Waals surface area contributed by atoms with Gasteiger partial charge >= 0.3 is 0 Å². The smallest absolute Gasteiger partial charge is 0.126 e. The third-order valence-electron chi connectivity index (χ3n) is 3.37. The Kier molecular flexibility index (Phi) is 3.72. The first-order chi connectivity index (χ1) is 7.74. The summed E-state index contributed by atoms with van der Waals surface area (Å²) in [6.07, 6.45) is 4.07. The first-order valence-electron chi connectivity index (χ1n) is 5.74. The van der Waals surface area contributed by atoms with Gasteiger partial charge in [0, 0.05) is 5.56 Å². The molecule has 1 unspecified atom stereocenters. The lowest BCUT2D eigenvalue weighted by Gasteiger charge is -2.21. The van der Waals surface area contributed by atoms with Gasteiger partial charge in [0.05, 0.1) is 18.2 Å². The molecule has 16 heavy (non-hydrogen) atoms. The van der Waals surface area contributed by atoms with Gasteiger partial charge in [-0.1, -0.05) is 30.5 Å². The molecule has 88 valence electrons. The van der Waals surface area contributed by atoms with E-state index in [1.807, 2.05) is 12.1 Å². The zero-order valence-electron chi connectivity index (χ0n) is 9.45. The maximum atomic E-state index is 10.3. The summed E-state index contributed by atoms with van der Waals surface area (Å²) < 4.78 is 5.26. The van der Waals surface area contributed by atoms with Crippen LogP contribution in [0.1, 0.15) is 37.4 Å². The number of halogens is 1. The number of rotatable bonds is 3. The van der Waals surface area contributed by atoms with Crippen LogP contribution in [0.2, 0.25) is 5.02 Å². The summed E-state index contributed by atoms with van der Waals surface area (Å²) in [5.41, 5.74) is 0.749. The van der Waals surface area contributed by atoms with Crippen LogP contribution in [0.4, 0.5) is 0 Å². The van der Waals surface area contributed by atoms with E-state index in [1.54, 1.807) is 13.2 Å². The second-order valence-electron chi connectivity index (χ2n) is 4.35. The molecule has 1 N–H and O–H groups in total. The third kappa shape index (κ3) is 2.18. The second-order valence-corrected chi connectivity index (χ2v) is 4.75. The fourth-order valence-corrected chi connectivity index (χ4v) is 2.77. The van der Waals surface area contributed by atoms with E-state index in [9.17, 15) is 5.11 Å². The van der Waals surface area contributed by atoms with Gasteiger partial charge in [-0.2, -0.15) is 0 Å². The number of ether oxygens (including phenoxy) is 1. The molecule has 3 heteroatoms. The molecule has 0 aliphatic heterocycles. The molecule has 2 nitrogen and oxygen atoms in total. The molecular formula is C13H17ClO2. The van der Waals surface area contributed by atoms with Crippen LogP contribution in [0, 0.1) is 5.92 Å². The van der Waals surface area contributed by atoms with Crippen LogP contribution in [-0.2, 0) is 0 Å². The minimum absolute atomic E-state index is 0.328. The Hall–Kier alpha value is -0.730. The predicted molar refractivity (Wildman–Crippen MR) is 64.9 cm³/mol. The van der Waals surface area contributed by atoms with Crippen molar-refractivity contribution in [1.82, 2.24) is 0 Å². The van der Waals surface area contributed by atoms with E-state index in [0.29, 0.717) is 16.7 Å². The maximum absolute atomic E-state index is 10.3. The van der Waals surface area contributed by atoms with E-state index in [1.165, 1.54) is 12.8 Å². The highest BCUT2D eigenvalue weighted by Crippen LogP contribution is 2.41. The van der Waals surface area contributed by atoms with Gasteiger partial charge in [-0.05, 0) is 30.9 Å². The average Bonchev–Trinajstić information content (AvgIpc) is 2.81. The number of hydrogen-bond acceptors (Lipinski definition) is 2. The van der Waals surface area contributed by atoms with Crippen LogP contribution in [0.25, 0.3) is 0 Å². The van der Waals surface area contributed by atoms with Gasteiger partial charge in [0.15, 0.2) is 0 Å². The molecule has 0 radical (unpaired) electrons. The van der Waals surface area contributed by atoms with Crippen molar-refractivity contribution in [3.05, 3.63) is 28.8 Å². The van der Waals surface area contributed by atoms with Crippen molar-refractivity contribution in [1.29, 1.82) is 0 Å². The van der Waals surface area contributed by atoms with E-state index in [-0.39, 0.29) is 0 Å². The molecule has 1 saturated carbocycles. The van der Waals surface area contributed by atoms with Crippen LogP contribution < -0.4 is 4.74 Å². The molecule has 1 fully saturated rings. The molecule has 0 amide bonds. The Labute approximate surface area is 101 Å². The Morgan fingerprint density at radius 2 is 2.06 bits per heavy atom. The normalized spacial score (nSPS) is 18.7. The number of methoxy groups -OCH3 is 1. The molecule has 0 aromatic heterocycles. The molecule has 2 rings (SSSR count). The van der Waals surface area contributed by atoms with Crippen molar-refractivity contribution in [3.63, 3.8) is 0 Å². The van der Waals surface area contributed by atoms with Crippen molar-refractivity contribution < 1.29 is 9.84 Å². The first-order valence-corrected chi connectivity index (χ1v) is 6.12. The lowest BCUT2D eigenvalue weighted by Crippen LogP contribution is -2.10. The van der Waals surface area contributed by atoms with Gasteiger partial charge in [0.1, 0.15) is 5.75 Å². The van der Waals surface area contributed by atoms with Crippen molar-refractivity contribution in [2.75, 3.05) is 7.11 Å². The Balaban J connectivity index is 2.30. The number of aliphatic hydroxyl groups is 1. The lowest BCUT2D eigenvalue weighted by molar-refractivity contribution is 0.109. The fraction of sp³-hybridized carbons (Fsp3) is 0.538. The van der Waals surface area contributed by atoms with Gasteiger partial charge in [-0.15, -0.1) is 0 Å². The van der Waals surface area contributed by atoms with Crippen LogP contribution in [0.5, 0.6) is 5.75 Å². The van der Waals surface area contributed by atoms with Crippen molar-refractivity contribution in [2.45, 2.75) is 31.8 Å². The Bertz CT molecular complexity index is 359. The largest absolute Gasteiger partial charge is 0.496 e. The molecule has 1 aliphatic rings. The molecular weight excluding hydrogens is 224 g/mol. The molecule has 0 heterocycles. The van der Waals surface area contributed by atoms with E-state index < -0.39 is 6.10 Å². The van der Waals surface area contributed by atoms with E-state index in [2.05, 4.69) is 0 Å². The van der Waals surface area contributed by atoms with Crippen LogP contribution in [0.3, 0.4) is 0 Å². The highest BCUT2D eigenvalue weighted by molar-refractivity contribution is 6.31. The summed E-state index contributed by atoms with van der Waals surface area (Å²) >= 11 is 6.14. The highest BCUT2D eigenvalue weighted by Gasteiger charge is 2.28. The zero-order valence-corrected chi connectivity index (χ0v) is 10.2. The maximum Gasteiger partial charge on any atom is 0.126 e. The quantitative estimate of drug-likeness (QED) is 0.875. The first kappa shape index (κ1) is 11.7. The van der Waals surface area contributed by atoms with Crippen LogP contribution >= 0.6 is 11.6 Å². The zero-order chi connectivity index (χ0) is 11.5. The van der Waals surface area contributed by atoms with Gasteiger partial charge < -0.3 is 9.84 Å². The third-order valence-corrected chi connectivity index (χ3v) is 3.70. The van der Waals surface area contributed by atoms with E-state index >= 15 is 0 Å². The molecule has 1 aromatic rings. The number of hydrogen-bond donors (Lipinski definition) is 1. The van der Waals surface area contributed by atoms with Gasteiger partial charge in [-0.3, -0.25) is 0 Å². The van der Waals surface area contributed by atoms with Gasteiger partial charge in [0.25, 0.3) is 0 Å². The van der Waals surface area contributed by atoms with Crippen molar-refractivity contribution in [2.24, 2.45) is 5.92 Å². The van der Waals surface area contributed by atoms with Gasteiger partial charge in [0.2, 0.25) is 0 Å². The minimum Gasteiger partial charge on any atom is -0.496 e. The van der Waals surface area contributed by atoms with Crippen LogP contribution in [-0.4, -0.2) is 12.2 Å². The molecule has 1 atom stereocenters. The standard InChI is InChI=1S/C13H17ClO2/c1-16-11-8-4-7-10(14)12(11)13(15)9-5-2-3-6-9/h4,7-9,13,15H,2-3,5-6H2,1H3. The fourth-order valence-electron chi connectivity index (χ4n) is 2.49. The summed E-state index contributed by atoms with van der Waals surface area (Å²) in [7, 11) is 1.61. The second kappa shape index (κ2) is 5.07. The summed E-state index contributed by atoms with van der Waals surface area (Å²) in [4.78, 5) is 0. The van der Waals surface area contributed by atoms with E-state index in [0.717, 1.165) is 18.4 Å². The summed E-state index contributed by atoms with van der Waals surface area (Å²) in [5.74, 6) is 1.01. The molecule has 1 aromatic carbocycles. The Morgan fingerprint density at radius 3 is 2.69 bits per heavy atom. The van der Waals surface area contributed by atoms with Crippen molar-refractivity contribution >= 4 is 11.6 Å². The van der Waals surface area contributed by atoms with Gasteiger partial charge in [-0.25, -0.2) is 0 Å². The van der Waals surface area contributed by atoms with Crippen molar-refractivity contribution in [3.8, 4) is 5.75 Å². The summed E-state index contributed by atoms with van der Waals surface area (Å²) in [6.45, 7) is 0. The summed E-state index contributed by atoms with van der Waals surface area (Å²) in [6, 6.07) is 5.49. The average molecular weight is 241 g/mol. The minimum atomic E-state index is -0.494. The predicted octanol–water partition coefficient (Wildman–Crippen LogP) is 3.57. The molecule has 1 aliphatic carbocycles. The molecule has 0 spiro atoms. The van der Waals surface area contributed by atoms with Crippen LogP contribution in [0.15, 0.2) is 18.2 Å². The SMILES string of the molecule is COc1cccc(Cl)c1C(O)C1CCCC1. The van der Waals surface area contributed by atoms with E-state index in [4.69, 9.17) is 16.3 Å². The molecule has 0 bridgehead atoms.